The van der Waals surface area contributed by atoms with Gasteiger partial charge in [-0.05, 0) is 25.2 Å². The second-order valence-electron chi connectivity index (χ2n) is 4.32. The second kappa shape index (κ2) is 2.44. The van der Waals surface area contributed by atoms with Crippen LogP contribution in [0.15, 0.2) is 0 Å². The minimum Gasteiger partial charge on any atom is -0.358 e. The third kappa shape index (κ3) is 1.08. The van der Waals surface area contributed by atoms with Crippen molar-refractivity contribution in [1.82, 2.24) is 10.6 Å². The molecule has 3 fully saturated rings. The molecule has 0 aromatic rings. The van der Waals surface area contributed by atoms with E-state index in [0.29, 0.717) is 0 Å². The van der Waals surface area contributed by atoms with Crippen molar-refractivity contribution in [2.24, 2.45) is 5.92 Å². The van der Waals surface area contributed by atoms with Gasteiger partial charge in [0.15, 0.2) is 0 Å². The Kier molecular flexibility index (Phi) is 1.48. The van der Waals surface area contributed by atoms with Crippen molar-refractivity contribution in [3.8, 4) is 0 Å². The van der Waals surface area contributed by atoms with Gasteiger partial charge in [-0.15, -0.1) is 0 Å². The summed E-state index contributed by atoms with van der Waals surface area (Å²) in [5.74, 6) is 0.964. The fraction of sp³-hybridized carbons (Fsp3) is 1.00. The average Bonchev–Trinajstić information content (AvgIpc) is 2.84. The lowest BCUT2D eigenvalue weighted by Gasteiger charge is -2.48. The van der Waals surface area contributed by atoms with E-state index in [9.17, 15) is 0 Å². The van der Waals surface area contributed by atoms with E-state index in [-0.39, 0.29) is 5.72 Å². The Labute approximate surface area is 72.9 Å². The fourth-order valence-electron chi connectivity index (χ4n) is 2.24. The quantitative estimate of drug-likeness (QED) is 0.581. The molecule has 0 bridgehead atoms. The number of hydrogen-bond donors (Lipinski definition) is 2. The molecule has 68 valence electrons. The third-order valence-electron chi connectivity index (χ3n) is 3.27. The highest BCUT2D eigenvalue weighted by atomic mass is 16.5. The van der Waals surface area contributed by atoms with Gasteiger partial charge in [0, 0.05) is 19.1 Å². The molecule has 1 unspecified atom stereocenters. The molecule has 2 N–H and O–H groups in total. The molecule has 0 amide bonds. The SMILES string of the molecule is C1CC(C2CC2)NC2(CNC2)O1. The zero-order valence-electron chi connectivity index (χ0n) is 7.31. The van der Waals surface area contributed by atoms with E-state index in [1.54, 1.807) is 0 Å². The minimum absolute atomic E-state index is 0.0332. The molecule has 2 heterocycles. The van der Waals surface area contributed by atoms with Crippen molar-refractivity contribution in [2.75, 3.05) is 19.7 Å². The fourth-order valence-corrected chi connectivity index (χ4v) is 2.24. The first-order valence-corrected chi connectivity index (χ1v) is 5.00. The molecule has 0 aromatic carbocycles. The summed E-state index contributed by atoms with van der Waals surface area (Å²) in [5.41, 5.74) is 0.0332. The van der Waals surface area contributed by atoms with Gasteiger partial charge in [-0.2, -0.15) is 0 Å². The average molecular weight is 168 g/mol. The van der Waals surface area contributed by atoms with Crippen molar-refractivity contribution in [3.05, 3.63) is 0 Å². The summed E-state index contributed by atoms with van der Waals surface area (Å²) in [4.78, 5) is 0. The standard InChI is InChI=1S/C9H16N2O/c1-2-7(1)8-3-4-12-9(11-8)5-10-6-9/h7-8,10-11H,1-6H2. The molecule has 12 heavy (non-hydrogen) atoms. The predicted molar refractivity (Wildman–Crippen MR) is 45.8 cm³/mol. The van der Waals surface area contributed by atoms with Crippen LogP contribution in [0.1, 0.15) is 19.3 Å². The molecule has 3 rings (SSSR count). The molecule has 2 saturated heterocycles. The second-order valence-corrected chi connectivity index (χ2v) is 4.32. The summed E-state index contributed by atoms with van der Waals surface area (Å²) in [7, 11) is 0. The van der Waals surface area contributed by atoms with Crippen LogP contribution in [0.3, 0.4) is 0 Å². The highest BCUT2D eigenvalue weighted by Crippen LogP contribution is 2.37. The maximum atomic E-state index is 5.74. The minimum atomic E-state index is 0.0332. The van der Waals surface area contributed by atoms with Crippen LogP contribution in [-0.2, 0) is 4.74 Å². The van der Waals surface area contributed by atoms with Crippen molar-refractivity contribution in [3.63, 3.8) is 0 Å². The van der Waals surface area contributed by atoms with E-state index in [4.69, 9.17) is 4.74 Å². The molecular weight excluding hydrogens is 152 g/mol. The summed E-state index contributed by atoms with van der Waals surface area (Å²) in [5, 5.41) is 6.91. The Morgan fingerprint density at radius 1 is 1.17 bits per heavy atom. The largest absolute Gasteiger partial charge is 0.358 e. The summed E-state index contributed by atoms with van der Waals surface area (Å²) < 4.78 is 5.74. The van der Waals surface area contributed by atoms with Crippen LogP contribution in [0.25, 0.3) is 0 Å². The van der Waals surface area contributed by atoms with E-state index >= 15 is 0 Å². The van der Waals surface area contributed by atoms with Gasteiger partial charge in [-0.3, -0.25) is 5.32 Å². The summed E-state index contributed by atoms with van der Waals surface area (Å²) >= 11 is 0. The molecule has 1 spiro atoms. The van der Waals surface area contributed by atoms with Gasteiger partial charge < -0.3 is 10.1 Å². The van der Waals surface area contributed by atoms with Crippen molar-refractivity contribution in [2.45, 2.75) is 31.0 Å². The van der Waals surface area contributed by atoms with Crippen LogP contribution in [0.4, 0.5) is 0 Å². The molecule has 3 aliphatic rings. The zero-order chi connectivity index (χ0) is 8.02. The molecule has 0 aromatic heterocycles. The number of ether oxygens (including phenoxy) is 1. The first-order chi connectivity index (χ1) is 5.88. The Bertz CT molecular complexity index is 187. The van der Waals surface area contributed by atoms with Crippen LogP contribution in [-0.4, -0.2) is 31.5 Å². The van der Waals surface area contributed by atoms with E-state index in [0.717, 1.165) is 31.7 Å². The van der Waals surface area contributed by atoms with Gasteiger partial charge in [0.05, 0.1) is 6.61 Å². The molecule has 1 aliphatic carbocycles. The number of rotatable bonds is 1. The van der Waals surface area contributed by atoms with Crippen molar-refractivity contribution >= 4 is 0 Å². The van der Waals surface area contributed by atoms with Gasteiger partial charge in [0.1, 0.15) is 5.72 Å². The normalized spacial score (nSPS) is 39.5. The van der Waals surface area contributed by atoms with Crippen LogP contribution in [0.2, 0.25) is 0 Å². The maximum absolute atomic E-state index is 5.74. The molecule has 1 saturated carbocycles. The smallest absolute Gasteiger partial charge is 0.144 e. The van der Waals surface area contributed by atoms with Gasteiger partial charge in [-0.1, -0.05) is 0 Å². The Hall–Kier alpha value is -0.120. The van der Waals surface area contributed by atoms with Crippen LogP contribution in [0, 0.1) is 5.92 Å². The van der Waals surface area contributed by atoms with Crippen LogP contribution in [0.5, 0.6) is 0 Å². The van der Waals surface area contributed by atoms with Crippen molar-refractivity contribution in [1.29, 1.82) is 0 Å². The predicted octanol–water partition coefficient (Wildman–Crippen LogP) is 0.0744. The molecule has 3 nitrogen and oxygen atoms in total. The van der Waals surface area contributed by atoms with Gasteiger partial charge in [0.25, 0.3) is 0 Å². The lowest BCUT2D eigenvalue weighted by atomic mass is 9.99. The van der Waals surface area contributed by atoms with E-state index in [1.165, 1.54) is 19.3 Å². The molecule has 0 radical (unpaired) electrons. The van der Waals surface area contributed by atoms with Gasteiger partial charge in [-0.25, -0.2) is 0 Å². The van der Waals surface area contributed by atoms with Crippen LogP contribution >= 0.6 is 0 Å². The summed E-state index contributed by atoms with van der Waals surface area (Å²) in [6.07, 6.45) is 4.08. The lowest BCUT2D eigenvalue weighted by Crippen LogP contribution is -2.73. The highest BCUT2D eigenvalue weighted by molar-refractivity contribution is 5.00. The van der Waals surface area contributed by atoms with Gasteiger partial charge in [0.2, 0.25) is 0 Å². The Morgan fingerprint density at radius 2 is 2.00 bits per heavy atom. The highest BCUT2D eigenvalue weighted by Gasteiger charge is 2.45. The molecular formula is C9H16N2O. The Balaban J connectivity index is 1.66. The number of hydrogen-bond acceptors (Lipinski definition) is 3. The third-order valence-corrected chi connectivity index (χ3v) is 3.27. The number of nitrogens with one attached hydrogen (secondary N) is 2. The maximum Gasteiger partial charge on any atom is 0.144 e. The summed E-state index contributed by atoms with van der Waals surface area (Å²) in [6.45, 7) is 2.95. The summed E-state index contributed by atoms with van der Waals surface area (Å²) in [6, 6.07) is 0.751. The van der Waals surface area contributed by atoms with Gasteiger partial charge >= 0.3 is 0 Å². The molecule has 3 heteroatoms. The zero-order valence-corrected chi connectivity index (χ0v) is 7.31. The molecule has 1 atom stereocenters. The van der Waals surface area contributed by atoms with E-state index in [2.05, 4.69) is 10.6 Å². The monoisotopic (exact) mass is 168 g/mol. The first-order valence-electron chi connectivity index (χ1n) is 5.00. The van der Waals surface area contributed by atoms with E-state index in [1.807, 2.05) is 0 Å². The topological polar surface area (TPSA) is 33.3 Å². The Morgan fingerprint density at radius 3 is 2.58 bits per heavy atom. The van der Waals surface area contributed by atoms with E-state index < -0.39 is 0 Å². The molecule has 2 aliphatic heterocycles. The lowest BCUT2D eigenvalue weighted by molar-refractivity contribution is -0.141. The van der Waals surface area contributed by atoms with Crippen LogP contribution < -0.4 is 10.6 Å². The van der Waals surface area contributed by atoms with Crippen molar-refractivity contribution < 1.29 is 4.74 Å². The first kappa shape index (κ1) is 7.30.